The van der Waals surface area contributed by atoms with Gasteiger partial charge in [0.25, 0.3) is 0 Å². The van der Waals surface area contributed by atoms with Gasteiger partial charge in [0.05, 0.1) is 11.4 Å². The summed E-state index contributed by atoms with van der Waals surface area (Å²) in [5, 5.41) is 18.7. The van der Waals surface area contributed by atoms with Crippen molar-refractivity contribution in [2.24, 2.45) is 0 Å². The van der Waals surface area contributed by atoms with Gasteiger partial charge in [-0.3, -0.25) is 10.2 Å². The fourth-order valence-corrected chi connectivity index (χ4v) is 5.05. The first-order valence-electron chi connectivity index (χ1n) is 9.98. The summed E-state index contributed by atoms with van der Waals surface area (Å²) in [5.74, 6) is 0.338. The number of piperidine rings is 1. The molecule has 2 aliphatic rings. The van der Waals surface area contributed by atoms with Crippen LogP contribution >= 0.6 is 0 Å². The number of aromatic nitrogens is 1. The van der Waals surface area contributed by atoms with Crippen molar-refractivity contribution in [3.8, 4) is 5.75 Å². The highest BCUT2D eigenvalue weighted by Crippen LogP contribution is 2.42. The lowest BCUT2D eigenvalue weighted by Crippen LogP contribution is -2.55. The van der Waals surface area contributed by atoms with E-state index in [1.54, 1.807) is 12.1 Å². The molecule has 3 aromatic rings. The van der Waals surface area contributed by atoms with Crippen molar-refractivity contribution in [1.29, 1.82) is 0 Å². The maximum atomic E-state index is 13.4. The molecule has 1 unspecified atom stereocenters. The van der Waals surface area contributed by atoms with Crippen LogP contribution in [0.2, 0.25) is 0 Å². The van der Waals surface area contributed by atoms with Crippen molar-refractivity contribution in [3.05, 3.63) is 59.0 Å². The zero-order valence-electron chi connectivity index (χ0n) is 15.9. The standard InChI is InChI=1S/C22H24FN3O2/c1-2-22(19-6-4-17(27)11-15(19)13-24-22)26-9-7-14(8-10-26)21-18-5-3-16(23)12-20(18)28-25-21/h3-6,11-12,14,24,27H,2,7-10,13H2,1H3. The van der Waals surface area contributed by atoms with E-state index in [0.717, 1.165) is 50.0 Å². The Kier molecular flexibility index (Phi) is 4.14. The van der Waals surface area contributed by atoms with Crippen molar-refractivity contribution >= 4 is 11.0 Å². The summed E-state index contributed by atoms with van der Waals surface area (Å²) >= 11 is 0. The smallest absolute Gasteiger partial charge is 0.170 e. The fourth-order valence-electron chi connectivity index (χ4n) is 5.05. The van der Waals surface area contributed by atoms with Crippen LogP contribution in [0.5, 0.6) is 5.75 Å². The summed E-state index contributed by atoms with van der Waals surface area (Å²) in [5.41, 5.74) is 3.74. The minimum absolute atomic E-state index is 0.178. The highest BCUT2D eigenvalue weighted by Gasteiger charge is 2.43. The number of phenols is 1. The first-order chi connectivity index (χ1) is 13.6. The zero-order valence-corrected chi connectivity index (χ0v) is 15.9. The number of rotatable bonds is 3. The van der Waals surface area contributed by atoms with Gasteiger partial charge in [-0.1, -0.05) is 18.1 Å². The first kappa shape index (κ1) is 17.6. The van der Waals surface area contributed by atoms with Crippen LogP contribution in [0.15, 0.2) is 40.9 Å². The van der Waals surface area contributed by atoms with Gasteiger partial charge in [0.2, 0.25) is 0 Å². The minimum atomic E-state index is -0.299. The molecule has 1 aromatic heterocycles. The number of hydrogen-bond acceptors (Lipinski definition) is 5. The van der Waals surface area contributed by atoms with E-state index in [2.05, 4.69) is 28.4 Å². The van der Waals surface area contributed by atoms with E-state index in [4.69, 9.17) is 4.52 Å². The monoisotopic (exact) mass is 381 g/mol. The van der Waals surface area contributed by atoms with E-state index in [9.17, 15) is 9.50 Å². The molecule has 2 N–H and O–H groups in total. The quantitative estimate of drug-likeness (QED) is 0.711. The third kappa shape index (κ3) is 2.63. The third-order valence-corrected chi connectivity index (χ3v) is 6.50. The van der Waals surface area contributed by atoms with Gasteiger partial charge in [-0.2, -0.15) is 0 Å². The van der Waals surface area contributed by atoms with Gasteiger partial charge in [-0.25, -0.2) is 4.39 Å². The van der Waals surface area contributed by atoms with Gasteiger partial charge in [0.15, 0.2) is 5.58 Å². The number of benzene rings is 2. The van der Waals surface area contributed by atoms with E-state index in [0.29, 0.717) is 17.3 Å². The molecule has 1 atom stereocenters. The molecule has 2 aliphatic heterocycles. The molecule has 3 heterocycles. The largest absolute Gasteiger partial charge is 0.508 e. The molecule has 0 spiro atoms. The number of likely N-dealkylation sites (tertiary alicyclic amines) is 1. The Labute approximate surface area is 163 Å². The second-order valence-electron chi connectivity index (χ2n) is 7.88. The molecular formula is C22H24FN3O2. The molecule has 146 valence electrons. The molecule has 1 saturated heterocycles. The van der Waals surface area contributed by atoms with Gasteiger partial charge in [-0.05, 0) is 54.7 Å². The average Bonchev–Trinajstić information content (AvgIpc) is 3.29. The van der Waals surface area contributed by atoms with Crippen LogP contribution < -0.4 is 5.32 Å². The van der Waals surface area contributed by atoms with Gasteiger partial charge >= 0.3 is 0 Å². The number of nitrogens with zero attached hydrogens (tertiary/aromatic N) is 2. The van der Waals surface area contributed by atoms with Crippen molar-refractivity contribution < 1.29 is 14.0 Å². The molecular weight excluding hydrogens is 357 g/mol. The number of hydrogen-bond donors (Lipinski definition) is 2. The molecule has 0 bridgehead atoms. The number of halogens is 1. The second kappa shape index (κ2) is 6.57. The molecule has 1 fully saturated rings. The Morgan fingerprint density at radius 2 is 2.07 bits per heavy atom. The lowest BCUT2D eigenvalue weighted by molar-refractivity contribution is 0.0320. The van der Waals surface area contributed by atoms with Crippen molar-refractivity contribution in [2.45, 2.75) is 44.3 Å². The Balaban J connectivity index is 1.38. The van der Waals surface area contributed by atoms with E-state index >= 15 is 0 Å². The molecule has 0 amide bonds. The van der Waals surface area contributed by atoms with Crippen LogP contribution in [0, 0.1) is 5.82 Å². The Morgan fingerprint density at radius 3 is 2.86 bits per heavy atom. The number of nitrogens with one attached hydrogen (secondary N) is 1. The predicted molar refractivity (Wildman–Crippen MR) is 104 cm³/mol. The van der Waals surface area contributed by atoms with Crippen LogP contribution in [0.25, 0.3) is 11.0 Å². The summed E-state index contributed by atoms with van der Waals surface area (Å²) < 4.78 is 18.8. The number of phenolic OH excluding ortho intramolecular Hbond substituents is 1. The molecule has 0 saturated carbocycles. The normalized spacial score (nSPS) is 23.4. The summed E-state index contributed by atoms with van der Waals surface area (Å²) in [6, 6.07) is 10.4. The molecule has 2 aromatic carbocycles. The molecule has 5 nitrogen and oxygen atoms in total. The van der Waals surface area contributed by atoms with Gasteiger partial charge in [-0.15, -0.1) is 0 Å². The molecule has 28 heavy (non-hydrogen) atoms. The molecule has 6 heteroatoms. The van der Waals surface area contributed by atoms with Gasteiger partial charge in [0, 0.05) is 37.0 Å². The molecule has 5 rings (SSSR count). The topological polar surface area (TPSA) is 61.5 Å². The van der Waals surface area contributed by atoms with E-state index in [1.165, 1.54) is 23.3 Å². The second-order valence-corrected chi connectivity index (χ2v) is 7.88. The Bertz CT molecular complexity index is 1030. The molecule has 0 radical (unpaired) electrons. The average molecular weight is 381 g/mol. The lowest BCUT2D eigenvalue weighted by atomic mass is 9.87. The van der Waals surface area contributed by atoms with Crippen LogP contribution in [0.4, 0.5) is 4.39 Å². The fraction of sp³-hybridized carbons (Fsp3) is 0.409. The Morgan fingerprint density at radius 1 is 1.25 bits per heavy atom. The summed E-state index contributed by atoms with van der Waals surface area (Å²) in [7, 11) is 0. The minimum Gasteiger partial charge on any atom is -0.508 e. The van der Waals surface area contributed by atoms with E-state index < -0.39 is 0 Å². The van der Waals surface area contributed by atoms with Crippen LogP contribution in [-0.2, 0) is 12.2 Å². The number of aromatic hydroxyl groups is 1. The van der Waals surface area contributed by atoms with Crippen molar-refractivity contribution in [1.82, 2.24) is 15.4 Å². The SMILES string of the molecule is CCC1(N2CCC(c3noc4cc(F)ccc34)CC2)NCc2cc(O)ccc21. The van der Waals surface area contributed by atoms with E-state index in [-0.39, 0.29) is 11.5 Å². The Hall–Kier alpha value is -2.44. The highest BCUT2D eigenvalue weighted by molar-refractivity contribution is 5.79. The summed E-state index contributed by atoms with van der Waals surface area (Å²) in [4.78, 5) is 2.52. The summed E-state index contributed by atoms with van der Waals surface area (Å²) in [6.07, 6.45) is 2.92. The summed E-state index contributed by atoms with van der Waals surface area (Å²) in [6.45, 7) is 4.88. The lowest BCUT2D eigenvalue weighted by Gasteiger charge is -2.45. The first-order valence-corrected chi connectivity index (χ1v) is 9.98. The van der Waals surface area contributed by atoms with Gasteiger partial charge < -0.3 is 9.63 Å². The third-order valence-electron chi connectivity index (χ3n) is 6.50. The molecule has 0 aliphatic carbocycles. The highest BCUT2D eigenvalue weighted by atomic mass is 19.1. The van der Waals surface area contributed by atoms with Crippen LogP contribution in [-0.4, -0.2) is 28.3 Å². The predicted octanol–water partition coefficient (Wildman–Crippen LogP) is 4.22. The van der Waals surface area contributed by atoms with Gasteiger partial charge in [0.1, 0.15) is 11.6 Å². The van der Waals surface area contributed by atoms with Crippen LogP contribution in [0.1, 0.15) is 48.9 Å². The maximum Gasteiger partial charge on any atom is 0.170 e. The zero-order chi connectivity index (χ0) is 19.3. The van der Waals surface area contributed by atoms with Crippen LogP contribution in [0.3, 0.4) is 0 Å². The van der Waals surface area contributed by atoms with E-state index in [1.807, 2.05) is 6.07 Å². The number of fused-ring (bicyclic) bond motifs is 2. The van der Waals surface area contributed by atoms with Crippen molar-refractivity contribution in [3.63, 3.8) is 0 Å². The maximum absolute atomic E-state index is 13.4. The van der Waals surface area contributed by atoms with Crippen molar-refractivity contribution in [2.75, 3.05) is 13.1 Å².